The summed E-state index contributed by atoms with van der Waals surface area (Å²) in [5.74, 6) is -0.282. The number of fused-ring (bicyclic) bond motifs is 1. The highest BCUT2D eigenvalue weighted by molar-refractivity contribution is 9.10. The van der Waals surface area contributed by atoms with Crippen molar-refractivity contribution in [1.82, 2.24) is 5.32 Å². The Labute approximate surface area is 177 Å². The second kappa shape index (κ2) is 8.11. The van der Waals surface area contributed by atoms with Gasteiger partial charge in [0, 0.05) is 27.3 Å². The molecule has 2 aromatic rings. The van der Waals surface area contributed by atoms with Gasteiger partial charge >= 0.3 is 6.03 Å². The molecular weight excluding hydrogens is 446 g/mol. The fourth-order valence-corrected chi connectivity index (χ4v) is 3.56. The highest BCUT2D eigenvalue weighted by Gasteiger charge is 2.52. The second-order valence-corrected chi connectivity index (χ2v) is 8.39. The van der Waals surface area contributed by atoms with Gasteiger partial charge in [-0.2, -0.15) is 0 Å². The first-order valence-electron chi connectivity index (χ1n) is 8.91. The molecule has 0 unspecified atom stereocenters. The van der Waals surface area contributed by atoms with E-state index in [4.69, 9.17) is 11.6 Å². The Balaban J connectivity index is 2.10. The molecule has 1 heterocycles. The van der Waals surface area contributed by atoms with Gasteiger partial charge in [-0.1, -0.05) is 41.4 Å². The molecule has 1 aliphatic heterocycles. The number of carbonyl (C=O) groups excluding carboxylic acids is 2. The van der Waals surface area contributed by atoms with E-state index in [9.17, 15) is 14.7 Å². The summed E-state index contributed by atoms with van der Waals surface area (Å²) in [5, 5.41) is 17.6. The zero-order valence-electron chi connectivity index (χ0n) is 15.5. The Hall–Kier alpha value is -2.09. The lowest BCUT2D eigenvalue weighted by Gasteiger charge is -2.42. The molecule has 8 heteroatoms. The Kier molecular flexibility index (Phi) is 5.98. The summed E-state index contributed by atoms with van der Waals surface area (Å²) < 4.78 is 0.673. The van der Waals surface area contributed by atoms with Crippen molar-refractivity contribution in [2.75, 3.05) is 16.8 Å². The van der Waals surface area contributed by atoms with E-state index in [0.717, 1.165) is 11.3 Å². The molecule has 0 radical (unpaired) electrons. The number of halogens is 2. The number of benzene rings is 2. The lowest BCUT2D eigenvalue weighted by molar-refractivity contribution is -0.140. The lowest BCUT2D eigenvalue weighted by atomic mass is 9.94. The monoisotopic (exact) mass is 465 g/mol. The van der Waals surface area contributed by atoms with Crippen LogP contribution in [0.5, 0.6) is 0 Å². The Morgan fingerprint density at radius 3 is 2.61 bits per heavy atom. The minimum Gasteiger partial charge on any atom is -0.359 e. The highest BCUT2D eigenvalue weighted by atomic mass is 79.9. The molecule has 0 aromatic heterocycles. The minimum atomic E-state index is -2.22. The standard InChI is InChI=1S/C20H21BrClN3O3/c1-12(2)9-10-23-18(26)20(28)16-11-13(21)3-8-17(16)24-19(27)25(20)15-6-4-14(22)5-7-15/h3-8,11-12,28H,9-10H2,1-2H3,(H,23,26)(H,24,27)/t20-/m0/s1. The van der Waals surface area contributed by atoms with Gasteiger partial charge in [-0.15, -0.1) is 0 Å². The number of carbonyl (C=O) groups is 2. The predicted octanol–water partition coefficient (Wildman–Crippen LogP) is 4.46. The zero-order chi connectivity index (χ0) is 20.5. The number of hydrogen-bond acceptors (Lipinski definition) is 3. The van der Waals surface area contributed by atoms with Crippen LogP contribution in [-0.2, 0) is 10.5 Å². The Bertz CT molecular complexity index is 904. The quantitative estimate of drug-likeness (QED) is 0.608. The zero-order valence-corrected chi connectivity index (χ0v) is 17.8. The Morgan fingerprint density at radius 2 is 1.96 bits per heavy atom. The summed E-state index contributed by atoms with van der Waals surface area (Å²) in [4.78, 5) is 27.1. The molecule has 0 saturated heterocycles. The first-order chi connectivity index (χ1) is 13.2. The summed E-state index contributed by atoms with van der Waals surface area (Å²) in [6.07, 6.45) is 0.750. The van der Waals surface area contributed by atoms with Gasteiger partial charge < -0.3 is 15.7 Å². The van der Waals surface area contributed by atoms with Crippen LogP contribution in [0, 0.1) is 5.92 Å². The van der Waals surface area contributed by atoms with Crippen molar-refractivity contribution < 1.29 is 14.7 Å². The van der Waals surface area contributed by atoms with Gasteiger partial charge in [0.2, 0.25) is 0 Å². The van der Waals surface area contributed by atoms with E-state index in [-0.39, 0.29) is 5.56 Å². The van der Waals surface area contributed by atoms with E-state index in [1.807, 2.05) is 13.8 Å². The summed E-state index contributed by atoms with van der Waals surface area (Å²) in [5.41, 5.74) is -1.22. The smallest absolute Gasteiger partial charge is 0.329 e. The van der Waals surface area contributed by atoms with Crippen molar-refractivity contribution in [2.24, 2.45) is 5.92 Å². The lowest BCUT2D eigenvalue weighted by Crippen LogP contribution is -2.62. The molecule has 3 N–H and O–H groups in total. The van der Waals surface area contributed by atoms with E-state index in [1.54, 1.807) is 42.5 Å². The van der Waals surface area contributed by atoms with Crippen LogP contribution in [-0.4, -0.2) is 23.6 Å². The molecule has 3 rings (SSSR count). The van der Waals surface area contributed by atoms with Crippen molar-refractivity contribution in [3.63, 3.8) is 0 Å². The SMILES string of the molecule is CC(C)CCNC(=O)[C@@]1(O)c2cc(Br)ccc2NC(=O)N1c1ccc(Cl)cc1. The maximum Gasteiger partial charge on any atom is 0.329 e. The van der Waals surface area contributed by atoms with Gasteiger partial charge in [0.15, 0.2) is 0 Å². The van der Waals surface area contributed by atoms with E-state index in [0.29, 0.717) is 33.3 Å². The normalized spacial score (nSPS) is 18.6. The van der Waals surface area contributed by atoms with Crippen LogP contribution < -0.4 is 15.5 Å². The molecule has 6 nitrogen and oxygen atoms in total. The third-order valence-corrected chi connectivity index (χ3v) is 5.28. The number of hydrogen-bond donors (Lipinski definition) is 3. The molecule has 148 valence electrons. The molecule has 1 atom stereocenters. The average Bonchev–Trinajstić information content (AvgIpc) is 2.63. The van der Waals surface area contributed by atoms with Crippen LogP contribution in [0.25, 0.3) is 0 Å². The van der Waals surface area contributed by atoms with E-state index < -0.39 is 17.7 Å². The predicted molar refractivity (Wildman–Crippen MR) is 113 cm³/mol. The van der Waals surface area contributed by atoms with E-state index in [1.165, 1.54) is 0 Å². The summed E-state index contributed by atoms with van der Waals surface area (Å²) >= 11 is 9.33. The van der Waals surface area contributed by atoms with Crippen LogP contribution in [0.4, 0.5) is 16.2 Å². The van der Waals surface area contributed by atoms with Gasteiger partial charge in [0.25, 0.3) is 11.6 Å². The van der Waals surface area contributed by atoms with E-state index in [2.05, 4.69) is 26.6 Å². The molecule has 0 aliphatic carbocycles. The van der Waals surface area contributed by atoms with Crippen molar-refractivity contribution in [3.8, 4) is 0 Å². The first kappa shape index (κ1) is 20.6. The highest BCUT2D eigenvalue weighted by Crippen LogP contribution is 2.41. The maximum absolute atomic E-state index is 13.1. The van der Waals surface area contributed by atoms with Gasteiger partial charge in [0.1, 0.15) is 0 Å². The summed E-state index contributed by atoms with van der Waals surface area (Å²) in [6.45, 7) is 4.47. The van der Waals surface area contributed by atoms with Gasteiger partial charge in [-0.3, -0.25) is 9.69 Å². The number of nitrogens with one attached hydrogen (secondary N) is 2. The Morgan fingerprint density at radius 1 is 1.29 bits per heavy atom. The number of anilines is 2. The molecule has 0 saturated carbocycles. The van der Waals surface area contributed by atoms with E-state index >= 15 is 0 Å². The third-order valence-electron chi connectivity index (χ3n) is 4.53. The molecule has 2 aromatic carbocycles. The largest absolute Gasteiger partial charge is 0.359 e. The van der Waals surface area contributed by atoms with Crippen LogP contribution in [0.15, 0.2) is 46.9 Å². The van der Waals surface area contributed by atoms with Gasteiger partial charge in [0.05, 0.1) is 5.69 Å². The molecule has 3 amide bonds. The molecule has 0 fully saturated rings. The number of nitrogens with zero attached hydrogens (tertiary/aromatic N) is 1. The van der Waals surface area contributed by atoms with Crippen molar-refractivity contribution in [3.05, 3.63) is 57.5 Å². The number of urea groups is 1. The average molecular weight is 467 g/mol. The first-order valence-corrected chi connectivity index (χ1v) is 10.1. The topological polar surface area (TPSA) is 81.7 Å². The second-order valence-electron chi connectivity index (χ2n) is 7.04. The minimum absolute atomic E-state index is 0.276. The molecule has 28 heavy (non-hydrogen) atoms. The van der Waals surface area contributed by atoms with Crippen molar-refractivity contribution >= 4 is 50.8 Å². The number of amides is 3. The van der Waals surface area contributed by atoms with Crippen LogP contribution in [0.1, 0.15) is 25.8 Å². The molecule has 0 spiro atoms. The number of rotatable bonds is 5. The number of aliphatic hydroxyl groups is 1. The fourth-order valence-electron chi connectivity index (χ4n) is 3.07. The molecule has 1 aliphatic rings. The van der Waals surface area contributed by atoms with Gasteiger partial charge in [-0.05, 0) is 54.8 Å². The van der Waals surface area contributed by atoms with Gasteiger partial charge in [-0.25, -0.2) is 4.79 Å². The van der Waals surface area contributed by atoms with Crippen LogP contribution in [0.2, 0.25) is 5.02 Å². The fraction of sp³-hybridized carbons (Fsp3) is 0.300. The maximum atomic E-state index is 13.1. The van der Waals surface area contributed by atoms with Crippen LogP contribution >= 0.6 is 27.5 Å². The van der Waals surface area contributed by atoms with Crippen molar-refractivity contribution in [2.45, 2.75) is 26.0 Å². The van der Waals surface area contributed by atoms with Crippen molar-refractivity contribution in [1.29, 1.82) is 0 Å². The summed E-state index contributed by atoms with van der Waals surface area (Å²) in [6, 6.07) is 10.7. The third kappa shape index (κ3) is 3.87. The summed E-state index contributed by atoms with van der Waals surface area (Å²) in [7, 11) is 0. The molecular formula is C20H21BrClN3O3. The van der Waals surface area contributed by atoms with Crippen LogP contribution in [0.3, 0.4) is 0 Å². The molecule has 0 bridgehead atoms.